The number of carbonyl (C=O) groups excluding carboxylic acids is 1. The van der Waals surface area contributed by atoms with E-state index >= 15 is 0 Å². The normalized spacial score (nSPS) is 20.5. The van der Waals surface area contributed by atoms with Gasteiger partial charge in [-0.25, -0.2) is 4.39 Å². The van der Waals surface area contributed by atoms with Crippen molar-refractivity contribution < 1.29 is 9.18 Å². The van der Waals surface area contributed by atoms with Gasteiger partial charge in [0.05, 0.1) is 17.6 Å². The van der Waals surface area contributed by atoms with Crippen LogP contribution in [0.1, 0.15) is 24.2 Å². The smallest absolute Gasteiger partial charge is 0.173 e. The fourth-order valence-electron chi connectivity index (χ4n) is 2.90. The molecule has 0 aliphatic carbocycles. The molecule has 0 saturated heterocycles. The van der Waals surface area contributed by atoms with Crippen LogP contribution in [0, 0.1) is 11.7 Å². The Bertz CT molecular complexity index is 756. The first kappa shape index (κ1) is 15.9. The van der Waals surface area contributed by atoms with Crippen LogP contribution in [0.4, 0.5) is 10.1 Å². The van der Waals surface area contributed by atoms with Gasteiger partial charge < -0.3 is 0 Å². The number of carbonyl (C=O) groups is 1. The molecule has 3 nitrogen and oxygen atoms in total. The Kier molecular flexibility index (Phi) is 4.31. The molecule has 1 aliphatic heterocycles. The summed E-state index contributed by atoms with van der Waals surface area (Å²) >= 11 is 3.41. The molecular weight excluding hydrogens is 359 g/mol. The van der Waals surface area contributed by atoms with E-state index in [0.717, 1.165) is 15.9 Å². The number of benzene rings is 2. The Labute approximate surface area is 142 Å². The van der Waals surface area contributed by atoms with Crippen molar-refractivity contribution >= 4 is 33.1 Å². The van der Waals surface area contributed by atoms with E-state index in [2.05, 4.69) is 21.0 Å². The topological polar surface area (TPSA) is 32.7 Å². The maximum atomic E-state index is 13.0. The summed E-state index contributed by atoms with van der Waals surface area (Å²) < 4.78 is 14.0. The minimum absolute atomic E-state index is 0.0293. The van der Waals surface area contributed by atoms with Crippen molar-refractivity contribution in [3.8, 4) is 0 Å². The van der Waals surface area contributed by atoms with Gasteiger partial charge >= 0.3 is 0 Å². The van der Waals surface area contributed by atoms with E-state index in [-0.39, 0.29) is 23.6 Å². The van der Waals surface area contributed by atoms with Crippen molar-refractivity contribution in [3.05, 3.63) is 64.4 Å². The van der Waals surface area contributed by atoms with Crippen LogP contribution in [0.2, 0.25) is 0 Å². The molecule has 2 aromatic carbocycles. The van der Waals surface area contributed by atoms with Gasteiger partial charge in [-0.05, 0) is 62.4 Å². The van der Waals surface area contributed by atoms with Crippen molar-refractivity contribution in [2.24, 2.45) is 11.0 Å². The zero-order chi connectivity index (χ0) is 16.6. The third-order valence-electron chi connectivity index (χ3n) is 4.09. The second kappa shape index (κ2) is 6.24. The molecule has 3 rings (SSSR count). The van der Waals surface area contributed by atoms with Crippen molar-refractivity contribution in [1.29, 1.82) is 0 Å². The summed E-state index contributed by atoms with van der Waals surface area (Å²) in [4.78, 5) is 12.8. The Balaban J connectivity index is 1.87. The van der Waals surface area contributed by atoms with Crippen molar-refractivity contribution in [2.75, 3.05) is 5.01 Å². The molecule has 1 aliphatic rings. The van der Waals surface area contributed by atoms with Crippen molar-refractivity contribution in [3.63, 3.8) is 0 Å². The SMILES string of the molecule is CC1=NN(c2ccc(Br)cc2)C(C)C1C(=O)c1ccc(F)cc1. The summed E-state index contributed by atoms with van der Waals surface area (Å²) in [7, 11) is 0. The summed E-state index contributed by atoms with van der Waals surface area (Å²) in [6.07, 6.45) is 0. The van der Waals surface area contributed by atoms with Crippen LogP contribution < -0.4 is 5.01 Å². The van der Waals surface area contributed by atoms with E-state index in [1.807, 2.05) is 43.1 Å². The molecule has 0 bridgehead atoms. The lowest BCUT2D eigenvalue weighted by molar-refractivity contribution is 0.0947. The van der Waals surface area contributed by atoms with Crippen LogP contribution in [0.25, 0.3) is 0 Å². The van der Waals surface area contributed by atoms with E-state index < -0.39 is 0 Å². The number of anilines is 1. The Morgan fingerprint density at radius 3 is 2.35 bits per heavy atom. The quantitative estimate of drug-likeness (QED) is 0.731. The molecule has 5 heteroatoms. The standard InChI is InChI=1S/C18H16BrFN2O/c1-11-17(18(23)13-3-7-15(20)8-4-13)12(2)22(21-11)16-9-5-14(19)6-10-16/h3-10,12,17H,1-2H3. The van der Waals surface area contributed by atoms with Crippen LogP contribution in [-0.2, 0) is 0 Å². The average molecular weight is 375 g/mol. The predicted molar refractivity (Wildman–Crippen MR) is 93.4 cm³/mol. The number of hydrogen-bond acceptors (Lipinski definition) is 3. The van der Waals surface area contributed by atoms with E-state index in [0.29, 0.717) is 5.56 Å². The van der Waals surface area contributed by atoms with Gasteiger partial charge in [0.15, 0.2) is 5.78 Å². The molecule has 0 fully saturated rings. The summed E-state index contributed by atoms with van der Waals surface area (Å²) in [5.41, 5.74) is 2.22. The summed E-state index contributed by atoms with van der Waals surface area (Å²) in [5.74, 6) is -0.703. The Morgan fingerprint density at radius 2 is 1.74 bits per heavy atom. The molecule has 0 radical (unpaired) electrons. The van der Waals surface area contributed by atoms with E-state index in [1.165, 1.54) is 24.3 Å². The van der Waals surface area contributed by atoms with E-state index in [9.17, 15) is 9.18 Å². The van der Waals surface area contributed by atoms with E-state index in [4.69, 9.17) is 0 Å². The highest BCUT2D eigenvalue weighted by atomic mass is 79.9. The minimum atomic E-state index is -0.345. The predicted octanol–water partition coefficient (Wildman–Crippen LogP) is 4.67. The summed E-state index contributed by atoms with van der Waals surface area (Å²) in [6, 6.07) is 13.4. The lowest BCUT2D eigenvalue weighted by Crippen LogP contribution is -2.35. The largest absolute Gasteiger partial charge is 0.293 e. The van der Waals surface area contributed by atoms with Crippen LogP contribution in [0.15, 0.2) is 58.1 Å². The average Bonchev–Trinajstić information content (AvgIpc) is 2.83. The van der Waals surface area contributed by atoms with Gasteiger partial charge in [0.25, 0.3) is 0 Å². The fraction of sp³-hybridized carbons (Fsp3) is 0.222. The second-order valence-corrected chi connectivity index (χ2v) is 6.57. The molecule has 0 N–H and O–H groups in total. The second-order valence-electron chi connectivity index (χ2n) is 5.65. The number of rotatable bonds is 3. The van der Waals surface area contributed by atoms with Crippen molar-refractivity contribution in [2.45, 2.75) is 19.9 Å². The highest BCUT2D eigenvalue weighted by molar-refractivity contribution is 9.10. The van der Waals surface area contributed by atoms with Gasteiger partial charge in [-0.2, -0.15) is 5.10 Å². The number of halogens is 2. The van der Waals surface area contributed by atoms with Crippen LogP contribution in [0.5, 0.6) is 0 Å². The van der Waals surface area contributed by atoms with Gasteiger partial charge in [-0.1, -0.05) is 15.9 Å². The van der Waals surface area contributed by atoms with Gasteiger partial charge in [0.2, 0.25) is 0 Å². The first-order chi connectivity index (χ1) is 11.0. The molecule has 1 heterocycles. The van der Waals surface area contributed by atoms with Crippen LogP contribution >= 0.6 is 15.9 Å². The summed E-state index contributed by atoms with van der Waals surface area (Å²) in [6.45, 7) is 3.84. The lowest BCUT2D eigenvalue weighted by Gasteiger charge is -2.24. The maximum absolute atomic E-state index is 13.0. The molecule has 0 amide bonds. The zero-order valence-corrected chi connectivity index (χ0v) is 14.4. The zero-order valence-electron chi connectivity index (χ0n) is 12.8. The Hall–Kier alpha value is -2.01. The molecule has 2 aromatic rings. The van der Waals surface area contributed by atoms with Crippen LogP contribution in [-0.4, -0.2) is 17.5 Å². The molecule has 0 saturated carbocycles. The Morgan fingerprint density at radius 1 is 1.13 bits per heavy atom. The monoisotopic (exact) mass is 374 g/mol. The molecule has 118 valence electrons. The fourth-order valence-corrected chi connectivity index (χ4v) is 3.17. The van der Waals surface area contributed by atoms with Crippen molar-refractivity contribution in [1.82, 2.24) is 0 Å². The molecule has 23 heavy (non-hydrogen) atoms. The summed E-state index contributed by atoms with van der Waals surface area (Å²) in [5, 5.41) is 6.42. The first-order valence-corrected chi connectivity index (χ1v) is 8.16. The number of Topliss-reactive ketones (excluding diaryl/α,β-unsaturated/α-hetero) is 1. The molecule has 0 aromatic heterocycles. The third-order valence-corrected chi connectivity index (χ3v) is 4.61. The minimum Gasteiger partial charge on any atom is -0.293 e. The molecule has 2 atom stereocenters. The number of nitrogens with zero attached hydrogens (tertiary/aromatic N) is 2. The lowest BCUT2D eigenvalue weighted by atomic mass is 9.89. The number of hydrazone groups is 1. The maximum Gasteiger partial charge on any atom is 0.173 e. The highest BCUT2D eigenvalue weighted by Gasteiger charge is 2.38. The molecular formula is C18H16BrFN2O. The van der Waals surface area contributed by atoms with Gasteiger partial charge in [0, 0.05) is 15.7 Å². The highest BCUT2D eigenvalue weighted by Crippen LogP contribution is 2.31. The molecule has 0 spiro atoms. The van der Waals surface area contributed by atoms with E-state index in [1.54, 1.807) is 0 Å². The number of ketones is 1. The van der Waals surface area contributed by atoms with Gasteiger partial charge in [-0.3, -0.25) is 9.80 Å². The number of hydrogen-bond donors (Lipinski definition) is 0. The van der Waals surface area contributed by atoms with Gasteiger partial charge in [0.1, 0.15) is 5.82 Å². The molecule has 2 unspecified atom stereocenters. The third kappa shape index (κ3) is 3.06. The van der Waals surface area contributed by atoms with Gasteiger partial charge in [-0.15, -0.1) is 0 Å². The first-order valence-electron chi connectivity index (χ1n) is 7.37. The van der Waals surface area contributed by atoms with Crippen LogP contribution in [0.3, 0.4) is 0 Å².